The summed E-state index contributed by atoms with van der Waals surface area (Å²) < 4.78 is 26.2. The number of nitrogens with zero attached hydrogens (tertiary/aromatic N) is 2. The van der Waals surface area contributed by atoms with Crippen molar-refractivity contribution >= 4 is 27.1 Å². The van der Waals surface area contributed by atoms with Crippen LogP contribution in [-0.2, 0) is 21.2 Å². The fourth-order valence-electron chi connectivity index (χ4n) is 2.37. The minimum atomic E-state index is -3.66. The third-order valence-electron chi connectivity index (χ3n) is 3.80. The highest BCUT2D eigenvalue weighted by molar-refractivity contribution is 7.94. The van der Waals surface area contributed by atoms with Crippen LogP contribution in [0.3, 0.4) is 0 Å². The van der Waals surface area contributed by atoms with Crippen molar-refractivity contribution in [3.63, 3.8) is 0 Å². The van der Waals surface area contributed by atoms with E-state index in [4.69, 9.17) is 0 Å². The number of benzene rings is 2. The van der Waals surface area contributed by atoms with Gasteiger partial charge in [-0.3, -0.25) is 4.79 Å². The van der Waals surface area contributed by atoms with E-state index in [1.54, 1.807) is 18.2 Å². The zero-order valence-corrected chi connectivity index (χ0v) is 16.3. The topological polar surface area (TPSA) is 68.5 Å². The largest absolute Gasteiger partial charge is 0.319 e. The molecule has 1 aromatic heterocycles. The van der Waals surface area contributed by atoms with Crippen molar-refractivity contribution in [3.05, 3.63) is 93.6 Å². The predicted molar refractivity (Wildman–Crippen MR) is 106 cm³/mol. The van der Waals surface area contributed by atoms with Crippen LogP contribution in [0.15, 0.2) is 87.5 Å². The van der Waals surface area contributed by atoms with E-state index in [0.717, 1.165) is 17.0 Å². The molecule has 0 N–H and O–H groups in total. The van der Waals surface area contributed by atoms with Crippen LogP contribution in [0, 0.1) is 6.92 Å². The summed E-state index contributed by atoms with van der Waals surface area (Å²) in [7, 11) is -3.66. The fourth-order valence-corrected chi connectivity index (χ4v) is 4.09. The maximum atomic E-state index is 12.2. The summed E-state index contributed by atoms with van der Waals surface area (Å²) in [5.74, 6) is -0.616. The molecule has 7 heteroatoms. The Morgan fingerprint density at radius 1 is 1.11 bits per heavy atom. The van der Waals surface area contributed by atoms with Gasteiger partial charge in [-0.1, -0.05) is 48.0 Å². The van der Waals surface area contributed by atoms with E-state index in [2.05, 4.69) is 4.99 Å². The van der Waals surface area contributed by atoms with Crippen LogP contribution in [0.25, 0.3) is 0 Å². The number of amides is 1. The number of hydrogen-bond donors (Lipinski definition) is 0. The lowest BCUT2D eigenvalue weighted by atomic mass is 10.1. The number of carbonyl (C=O) groups is 1. The number of aromatic nitrogens is 1. The lowest BCUT2D eigenvalue weighted by molar-refractivity contribution is -0.113. The van der Waals surface area contributed by atoms with Crippen molar-refractivity contribution in [1.29, 1.82) is 0 Å². The van der Waals surface area contributed by atoms with Crippen LogP contribution in [0.4, 0.5) is 0 Å². The van der Waals surface area contributed by atoms with Gasteiger partial charge in [-0.25, -0.2) is 8.42 Å². The molecule has 0 bridgehead atoms. The molecule has 0 fully saturated rings. The van der Waals surface area contributed by atoms with E-state index in [1.807, 2.05) is 47.3 Å². The van der Waals surface area contributed by atoms with Crippen LogP contribution in [0.1, 0.15) is 11.1 Å². The fraction of sp³-hybridized carbons (Fsp3) is 0.100. The molecule has 0 aliphatic carbocycles. The standard InChI is InChI=1S/C20H18N2O3S2/c1-16-7-9-17(10-8-16)15-22-12-13-26-20(22)21-19(23)11-14-27(24,25)18-5-3-2-4-6-18/h2-14H,15H2,1H3/b14-11+,21-20?. The van der Waals surface area contributed by atoms with Crippen LogP contribution in [0.2, 0.25) is 0 Å². The average molecular weight is 399 g/mol. The summed E-state index contributed by atoms with van der Waals surface area (Å²) in [5, 5.41) is 2.73. The highest BCUT2D eigenvalue weighted by Gasteiger charge is 2.10. The molecule has 0 radical (unpaired) electrons. The molecule has 0 aliphatic rings. The summed E-state index contributed by atoms with van der Waals surface area (Å²) in [6.07, 6.45) is 2.83. The van der Waals surface area contributed by atoms with Crippen LogP contribution in [0.5, 0.6) is 0 Å². The van der Waals surface area contributed by atoms with Crippen LogP contribution in [-0.4, -0.2) is 18.9 Å². The monoisotopic (exact) mass is 398 g/mol. The first kappa shape index (κ1) is 19.0. The van der Waals surface area contributed by atoms with Crippen molar-refractivity contribution < 1.29 is 13.2 Å². The number of hydrogen-bond acceptors (Lipinski definition) is 4. The first-order chi connectivity index (χ1) is 12.9. The highest BCUT2D eigenvalue weighted by atomic mass is 32.2. The summed E-state index contributed by atoms with van der Waals surface area (Å²) in [4.78, 5) is 16.8. The third-order valence-corrected chi connectivity index (χ3v) is 6.02. The second-order valence-corrected chi connectivity index (χ2v) is 8.62. The zero-order valence-electron chi connectivity index (χ0n) is 14.6. The van der Waals surface area contributed by atoms with Crippen molar-refractivity contribution in [3.8, 4) is 0 Å². The Balaban J connectivity index is 1.78. The summed E-state index contributed by atoms with van der Waals surface area (Å²) >= 11 is 1.32. The molecule has 3 aromatic rings. The maximum Gasteiger partial charge on any atom is 0.273 e. The minimum absolute atomic E-state index is 0.139. The molecule has 0 spiro atoms. The number of carbonyl (C=O) groups excluding carboxylic acids is 1. The first-order valence-electron chi connectivity index (χ1n) is 8.20. The van der Waals surface area contributed by atoms with E-state index >= 15 is 0 Å². The zero-order chi connectivity index (χ0) is 19.3. The quantitative estimate of drug-likeness (QED) is 0.619. The SMILES string of the molecule is Cc1ccc(Cn2ccsc2=NC(=O)/C=C/S(=O)(=O)c2ccccc2)cc1. The summed E-state index contributed by atoms with van der Waals surface area (Å²) in [6.45, 7) is 2.61. The third kappa shape index (κ3) is 5.12. The van der Waals surface area contributed by atoms with Gasteiger partial charge in [0.25, 0.3) is 5.91 Å². The van der Waals surface area contributed by atoms with Crippen LogP contribution >= 0.6 is 11.3 Å². The lowest BCUT2D eigenvalue weighted by Crippen LogP contribution is -2.16. The summed E-state index contributed by atoms with van der Waals surface area (Å²) in [5.41, 5.74) is 2.27. The molecule has 1 heterocycles. The second kappa shape index (κ2) is 8.28. The van der Waals surface area contributed by atoms with Gasteiger partial charge in [0.05, 0.1) is 4.90 Å². The second-order valence-electron chi connectivity index (χ2n) is 5.91. The molecule has 1 amide bonds. The Labute approximate surface area is 161 Å². The van der Waals surface area contributed by atoms with Crippen molar-refractivity contribution in [1.82, 2.24) is 4.57 Å². The molecule has 0 saturated carbocycles. The number of thiazole rings is 1. The normalized spacial score (nSPS) is 12.6. The average Bonchev–Trinajstić information content (AvgIpc) is 3.09. The van der Waals surface area contributed by atoms with Gasteiger partial charge in [-0.05, 0) is 24.6 Å². The first-order valence-corrected chi connectivity index (χ1v) is 10.6. The Hall–Kier alpha value is -2.77. The van der Waals surface area contributed by atoms with Gasteiger partial charge < -0.3 is 4.57 Å². The van der Waals surface area contributed by atoms with Crippen molar-refractivity contribution in [2.45, 2.75) is 18.4 Å². The molecular formula is C20H18N2O3S2. The Morgan fingerprint density at radius 2 is 1.81 bits per heavy atom. The molecular weight excluding hydrogens is 380 g/mol. The lowest BCUT2D eigenvalue weighted by Gasteiger charge is -2.03. The van der Waals surface area contributed by atoms with Gasteiger partial charge >= 0.3 is 0 Å². The molecule has 3 rings (SSSR count). The predicted octanol–water partition coefficient (Wildman–Crippen LogP) is 3.32. The molecule has 0 aliphatic heterocycles. The molecule has 2 aromatic carbocycles. The molecule has 138 valence electrons. The van der Waals surface area contributed by atoms with Gasteiger partial charge in [0.1, 0.15) is 0 Å². The van der Waals surface area contributed by atoms with Crippen LogP contribution < -0.4 is 4.80 Å². The van der Waals surface area contributed by atoms with E-state index in [1.165, 1.54) is 29.0 Å². The number of aryl methyl sites for hydroxylation is 1. The minimum Gasteiger partial charge on any atom is -0.319 e. The molecule has 5 nitrogen and oxygen atoms in total. The van der Waals surface area contributed by atoms with Crippen molar-refractivity contribution in [2.24, 2.45) is 4.99 Å². The molecule has 0 atom stereocenters. The Kier molecular flexibility index (Phi) is 5.83. The molecule has 27 heavy (non-hydrogen) atoms. The summed E-state index contributed by atoms with van der Waals surface area (Å²) in [6, 6.07) is 16.1. The Morgan fingerprint density at radius 3 is 2.52 bits per heavy atom. The van der Waals surface area contributed by atoms with Gasteiger partial charge in [0.2, 0.25) is 0 Å². The van der Waals surface area contributed by atoms with Gasteiger partial charge in [-0.15, -0.1) is 11.3 Å². The molecule has 0 unspecified atom stereocenters. The number of rotatable bonds is 5. The van der Waals surface area contributed by atoms with Crippen molar-refractivity contribution in [2.75, 3.05) is 0 Å². The smallest absolute Gasteiger partial charge is 0.273 e. The Bertz CT molecular complexity index is 1120. The van der Waals surface area contributed by atoms with Gasteiger partial charge in [0.15, 0.2) is 14.6 Å². The highest BCUT2D eigenvalue weighted by Crippen LogP contribution is 2.11. The van der Waals surface area contributed by atoms with E-state index < -0.39 is 15.7 Å². The number of sulfone groups is 1. The molecule has 0 saturated heterocycles. The maximum absolute atomic E-state index is 12.2. The van der Waals surface area contributed by atoms with Gasteiger partial charge in [-0.2, -0.15) is 4.99 Å². The van der Waals surface area contributed by atoms with E-state index in [0.29, 0.717) is 11.3 Å². The van der Waals surface area contributed by atoms with Gasteiger partial charge in [0, 0.05) is 29.6 Å². The van der Waals surface area contributed by atoms with E-state index in [9.17, 15) is 13.2 Å². The van der Waals surface area contributed by atoms with E-state index in [-0.39, 0.29) is 4.90 Å².